The molecule has 1 saturated heterocycles. The first-order chi connectivity index (χ1) is 11.9. The van der Waals surface area contributed by atoms with Crippen molar-refractivity contribution in [1.29, 1.82) is 0 Å². The Kier molecular flexibility index (Phi) is 4.90. The van der Waals surface area contributed by atoms with Gasteiger partial charge in [0.25, 0.3) is 5.91 Å². The van der Waals surface area contributed by atoms with Gasteiger partial charge in [0.1, 0.15) is 4.88 Å². The Bertz CT molecular complexity index is 796. The number of anilines is 2. The van der Waals surface area contributed by atoms with Gasteiger partial charge in [-0.05, 0) is 44.5 Å². The molecular formula is C19H23N3O2S. The third kappa shape index (κ3) is 3.58. The molecule has 0 aliphatic carbocycles. The van der Waals surface area contributed by atoms with Crippen molar-refractivity contribution in [1.82, 2.24) is 4.98 Å². The number of rotatable bonds is 4. The third-order valence-corrected chi connectivity index (χ3v) is 5.86. The molecule has 6 heteroatoms. The van der Waals surface area contributed by atoms with Crippen LogP contribution < -0.4 is 10.2 Å². The number of nitrogens with one attached hydrogen (secondary N) is 1. The number of hydrogen-bond donors (Lipinski definition) is 1. The van der Waals surface area contributed by atoms with Gasteiger partial charge in [0.05, 0.1) is 10.7 Å². The zero-order chi connectivity index (χ0) is 18.1. The summed E-state index contributed by atoms with van der Waals surface area (Å²) in [6, 6.07) is 7.67. The minimum atomic E-state index is -0.139. The van der Waals surface area contributed by atoms with E-state index in [2.05, 4.69) is 31.1 Å². The SMILES string of the molecule is Cc1nc(C(C)C)sc1C(=O)Nc1ccc(N2C(=O)CCC2C)cc1. The second-order valence-electron chi connectivity index (χ2n) is 6.77. The Morgan fingerprint density at radius 2 is 2.00 bits per heavy atom. The highest BCUT2D eigenvalue weighted by atomic mass is 32.1. The molecule has 1 fully saturated rings. The average Bonchev–Trinajstić information content (AvgIpc) is 3.11. The van der Waals surface area contributed by atoms with Crippen LogP contribution >= 0.6 is 11.3 Å². The number of carbonyl (C=O) groups excluding carboxylic acids is 2. The molecule has 2 amide bonds. The number of aryl methyl sites for hydroxylation is 1. The zero-order valence-corrected chi connectivity index (χ0v) is 15.8. The molecule has 0 saturated carbocycles. The van der Waals surface area contributed by atoms with Crippen molar-refractivity contribution in [3.05, 3.63) is 39.8 Å². The maximum Gasteiger partial charge on any atom is 0.267 e. The van der Waals surface area contributed by atoms with Gasteiger partial charge in [0, 0.05) is 29.8 Å². The van der Waals surface area contributed by atoms with Crippen LogP contribution in [0.3, 0.4) is 0 Å². The molecule has 0 bridgehead atoms. The molecule has 1 aromatic carbocycles. The minimum absolute atomic E-state index is 0.139. The smallest absolute Gasteiger partial charge is 0.267 e. The van der Waals surface area contributed by atoms with Crippen LogP contribution in [0.2, 0.25) is 0 Å². The summed E-state index contributed by atoms with van der Waals surface area (Å²) in [7, 11) is 0. The highest BCUT2D eigenvalue weighted by Crippen LogP contribution is 2.28. The molecule has 1 aliphatic rings. The summed E-state index contributed by atoms with van der Waals surface area (Å²) in [5, 5.41) is 3.89. The Labute approximate surface area is 152 Å². The summed E-state index contributed by atoms with van der Waals surface area (Å²) in [5.41, 5.74) is 2.36. The monoisotopic (exact) mass is 357 g/mol. The maximum atomic E-state index is 12.5. The van der Waals surface area contributed by atoms with Gasteiger partial charge in [-0.15, -0.1) is 11.3 Å². The lowest BCUT2D eigenvalue weighted by molar-refractivity contribution is -0.117. The number of thiazole rings is 1. The lowest BCUT2D eigenvalue weighted by Crippen LogP contribution is -2.30. The Balaban J connectivity index is 1.73. The molecule has 1 aliphatic heterocycles. The molecule has 1 unspecified atom stereocenters. The number of benzene rings is 1. The summed E-state index contributed by atoms with van der Waals surface area (Å²) in [4.78, 5) is 31.4. The molecule has 25 heavy (non-hydrogen) atoms. The van der Waals surface area contributed by atoms with Crippen LogP contribution in [0.4, 0.5) is 11.4 Å². The van der Waals surface area contributed by atoms with Crippen molar-refractivity contribution in [2.24, 2.45) is 0 Å². The predicted molar refractivity (Wildman–Crippen MR) is 102 cm³/mol. The normalized spacial score (nSPS) is 17.4. The first-order valence-corrected chi connectivity index (χ1v) is 9.39. The van der Waals surface area contributed by atoms with E-state index in [1.165, 1.54) is 11.3 Å². The van der Waals surface area contributed by atoms with Crippen LogP contribution in [0, 0.1) is 6.92 Å². The second kappa shape index (κ2) is 6.96. The lowest BCUT2D eigenvalue weighted by atomic mass is 10.2. The fourth-order valence-electron chi connectivity index (χ4n) is 2.99. The molecule has 2 heterocycles. The fraction of sp³-hybridized carbons (Fsp3) is 0.421. The van der Waals surface area contributed by atoms with Crippen molar-refractivity contribution in [3.63, 3.8) is 0 Å². The molecule has 1 atom stereocenters. The van der Waals surface area contributed by atoms with Gasteiger partial charge in [-0.1, -0.05) is 13.8 Å². The van der Waals surface area contributed by atoms with E-state index in [1.54, 1.807) is 0 Å². The summed E-state index contributed by atoms with van der Waals surface area (Å²) < 4.78 is 0. The number of amides is 2. The number of carbonyl (C=O) groups is 2. The molecule has 1 aromatic heterocycles. The fourth-order valence-corrected chi connectivity index (χ4v) is 3.96. The first kappa shape index (κ1) is 17.6. The number of nitrogens with zero attached hydrogens (tertiary/aromatic N) is 2. The van der Waals surface area contributed by atoms with Gasteiger partial charge in [-0.3, -0.25) is 9.59 Å². The minimum Gasteiger partial charge on any atom is -0.321 e. The Morgan fingerprint density at radius 1 is 1.32 bits per heavy atom. The van der Waals surface area contributed by atoms with E-state index < -0.39 is 0 Å². The van der Waals surface area contributed by atoms with Crippen LogP contribution in [0.1, 0.15) is 59.9 Å². The molecule has 0 spiro atoms. The highest BCUT2D eigenvalue weighted by molar-refractivity contribution is 7.14. The van der Waals surface area contributed by atoms with E-state index in [0.717, 1.165) is 22.8 Å². The molecule has 3 rings (SSSR count). The van der Waals surface area contributed by atoms with E-state index in [9.17, 15) is 9.59 Å². The van der Waals surface area contributed by atoms with Crippen molar-refractivity contribution in [2.75, 3.05) is 10.2 Å². The third-order valence-electron chi connectivity index (χ3n) is 4.40. The van der Waals surface area contributed by atoms with Crippen molar-refractivity contribution in [3.8, 4) is 0 Å². The molecule has 132 valence electrons. The molecule has 1 N–H and O–H groups in total. The van der Waals surface area contributed by atoms with Crippen LogP contribution in [0.5, 0.6) is 0 Å². The summed E-state index contributed by atoms with van der Waals surface area (Å²) >= 11 is 1.44. The van der Waals surface area contributed by atoms with E-state index in [0.29, 0.717) is 22.9 Å². The number of aromatic nitrogens is 1. The van der Waals surface area contributed by atoms with Crippen molar-refractivity contribution >= 4 is 34.5 Å². The quantitative estimate of drug-likeness (QED) is 0.885. The van der Waals surface area contributed by atoms with Crippen LogP contribution in [0.25, 0.3) is 0 Å². The zero-order valence-electron chi connectivity index (χ0n) is 15.0. The standard InChI is InChI=1S/C19H23N3O2S/c1-11(2)19-20-13(4)17(25-19)18(24)21-14-6-8-15(9-7-14)22-12(3)5-10-16(22)23/h6-9,11-12H,5,10H2,1-4H3,(H,21,24). The molecular weight excluding hydrogens is 334 g/mol. The van der Waals surface area contributed by atoms with Gasteiger partial charge in [0.15, 0.2) is 0 Å². The predicted octanol–water partition coefficient (Wildman–Crippen LogP) is 4.34. The van der Waals surface area contributed by atoms with Gasteiger partial charge in [-0.2, -0.15) is 0 Å². The van der Waals surface area contributed by atoms with Crippen LogP contribution in [-0.4, -0.2) is 22.8 Å². The van der Waals surface area contributed by atoms with Gasteiger partial charge >= 0.3 is 0 Å². The molecule has 5 nitrogen and oxygen atoms in total. The van der Waals surface area contributed by atoms with E-state index in [-0.39, 0.29) is 17.9 Å². The summed E-state index contributed by atoms with van der Waals surface area (Å²) in [6.45, 7) is 8.05. The van der Waals surface area contributed by atoms with Crippen molar-refractivity contribution in [2.45, 2.75) is 52.5 Å². The molecule has 0 radical (unpaired) electrons. The second-order valence-corrected chi connectivity index (χ2v) is 7.80. The van der Waals surface area contributed by atoms with E-state index in [1.807, 2.05) is 36.1 Å². The van der Waals surface area contributed by atoms with Crippen LogP contribution in [0.15, 0.2) is 24.3 Å². The van der Waals surface area contributed by atoms with Gasteiger partial charge in [-0.25, -0.2) is 4.98 Å². The van der Waals surface area contributed by atoms with Gasteiger partial charge in [0.2, 0.25) is 5.91 Å². The van der Waals surface area contributed by atoms with Crippen molar-refractivity contribution < 1.29 is 9.59 Å². The molecule has 2 aromatic rings. The largest absolute Gasteiger partial charge is 0.321 e. The average molecular weight is 357 g/mol. The first-order valence-electron chi connectivity index (χ1n) is 8.57. The number of hydrogen-bond acceptors (Lipinski definition) is 4. The maximum absolute atomic E-state index is 12.5. The van der Waals surface area contributed by atoms with Crippen LogP contribution in [-0.2, 0) is 4.79 Å². The Morgan fingerprint density at radius 3 is 2.52 bits per heavy atom. The lowest BCUT2D eigenvalue weighted by Gasteiger charge is -2.21. The summed E-state index contributed by atoms with van der Waals surface area (Å²) in [6.07, 6.45) is 1.49. The van der Waals surface area contributed by atoms with E-state index in [4.69, 9.17) is 0 Å². The topological polar surface area (TPSA) is 62.3 Å². The summed E-state index contributed by atoms with van der Waals surface area (Å²) in [5.74, 6) is 0.329. The highest BCUT2D eigenvalue weighted by Gasteiger charge is 2.28. The van der Waals surface area contributed by atoms with E-state index >= 15 is 0 Å². The van der Waals surface area contributed by atoms with Gasteiger partial charge < -0.3 is 10.2 Å². The Hall–Kier alpha value is -2.21.